The Morgan fingerprint density at radius 3 is 2.38 bits per heavy atom. The lowest BCUT2D eigenvalue weighted by molar-refractivity contribution is -0.119. The van der Waals surface area contributed by atoms with Crippen molar-refractivity contribution in [1.82, 2.24) is 4.98 Å². The Morgan fingerprint density at radius 2 is 1.66 bits per heavy atom. The molecule has 7 nitrogen and oxygen atoms in total. The molecule has 3 amide bonds. The summed E-state index contributed by atoms with van der Waals surface area (Å²) in [7, 11) is 0. The normalized spacial score (nSPS) is 13.5. The molecule has 32 heavy (non-hydrogen) atoms. The summed E-state index contributed by atoms with van der Waals surface area (Å²) in [5, 5.41) is 6.00. The minimum absolute atomic E-state index is 0.115. The summed E-state index contributed by atoms with van der Waals surface area (Å²) < 4.78 is 0. The van der Waals surface area contributed by atoms with E-state index in [1.165, 1.54) is 6.20 Å². The molecule has 2 heterocycles. The van der Waals surface area contributed by atoms with Crippen LogP contribution in [0, 0.1) is 0 Å². The fraction of sp³-hybridized carbons (Fsp3) is 0.167. The Kier molecular flexibility index (Phi) is 6.47. The molecule has 8 heteroatoms. The van der Waals surface area contributed by atoms with Gasteiger partial charge in [0.2, 0.25) is 5.91 Å². The van der Waals surface area contributed by atoms with E-state index >= 15 is 0 Å². The number of pyridine rings is 1. The number of nitrogens with zero attached hydrogens (tertiary/aromatic N) is 2. The van der Waals surface area contributed by atoms with E-state index in [4.69, 9.17) is 11.6 Å². The van der Waals surface area contributed by atoms with Crippen LogP contribution < -0.4 is 15.5 Å². The van der Waals surface area contributed by atoms with Gasteiger partial charge in [-0.25, -0.2) is 4.98 Å². The highest BCUT2D eigenvalue weighted by atomic mass is 35.5. The predicted octanol–water partition coefficient (Wildman–Crippen LogP) is 4.76. The molecule has 1 aliphatic heterocycles. The lowest BCUT2D eigenvalue weighted by Crippen LogP contribution is -2.35. The maximum absolute atomic E-state index is 12.9. The number of hydrogen-bond acceptors (Lipinski definition) is 4. The first-order valence-corrected chi connectivity index (χ1v) is 10.6. The molecule has 0 bridgehead atoms. The second-order valence-electron chi connectivity index (χ2n) is 7.36. The minimum Gasteiger partial charge on any atom is -0.322 e. The lowest BCUT2D eigenvalue weighted by Gasteiger charge is -2.26. The van der Waals surface area contributed by atoms with Gasteiger partial charge < -0.3 is 15.5 Å². The van der Waals surface area contributed by atoms with Gasteiger partial charge >= 0.3 is 0 Å². The third-order valence-corrected chi connectivity index (χ3v) is 5.40. The molecule has 2 N–H and O–H groups in total. The molecule has 1 aromatic heterocycles. The molecule has 3 aromatic rings. The van der Waals surface area contributed by atoms with E-state index in [2.05, 4.69) is 15.6 Å². The topological polar surface area (TPSA) is 91.4 Å². The van der Waals surface area contributed by atoms with Crippen molar-refractivity contribution in [2.24, 2.45) is 0 Å². The summed E-state index contributed by atoms with van der Waals surface area (Å²) in [6.45, 7) is 0.705. The summed E-state index contributed by atoms with van der Waals surface area (Å²) in [6, 6.07) is 16.7. The molecular weight excluding hydrogens is 428 g/mol. The van der Waals surface area contributed by atoms with Crippen molar-refractivity contribution >= 4 is 46.5 Å². The van der Waals surface area contributed by atoms with E-state index < -0.39 is 11.8 Å². The van der Waals surface area contributed by atoms with Gasteiger partial charge in [0.25, 0.3) is 11.8 Å². The molecular formula is C24H21ClN4O3. The van der Waals surface area contributed by atoms with E-state index in [1.54, 1.807) is 53.4 Å². The van der Waals surface area contributed by atoms with Crippen LogP contribution in [0.2, 0.25) is 5.02 Å². The van der Waals surface area contributed by atoms with Gasteiger partial charge in [0, 0.05) is 41.1 Å². The highest BCUT2D eigenvalue weighted by Crippen LogP contribution is 2.23. The van der Waals surface area contributed by atoms with E-state index in [-0.39, 0.29) is 17.3 Å². The smallest absolute Gasteiger partial charge is 0.259 e. The highest BCUT2D eigenvalue weighted by molar-refractivity contribution is 6.30. The number of anilines is 3. The first-order valence-electron chi connectivity index (χ1n) is 10.2. The van der Waals surface area contributed by atoms with Crippen molar-refractivity contribution in [2.45, 2.75) is 19.3 Å². The van der Waals surface area contributed by atoms with Crippen LogP contribution in [0.15, 0.2) is 66.9 Å². The second kappa shape index (κ2) is 9.62. The second-order valence-corrected chi connectivity index (χ2v) is 7.80. The van der Waals surface area contributed by atoms with Crippen LogP contribution in [0.3, 0.4) is 0 Å². The monoisotopic (exact) mass is 448 g/mol. The molecule has 162 valence electrons. The van der Waals surface area contributed by atoms with Crippen LogP contribution in [-0.2, 0) is 4.79 Å². The number of carbonyl (C=O) groups excluding carboxylic acids is 3. The summed E-state index contributed by atoms with van der Waals surface area (Å²) >= 11 is 5.87. The lowest BCUT2D eigenvalue weighted by atomic mass is 10.1. The van der Waals surface area contributed by atoms with Crippen LogP contribution in [0.5, 0.6) is 0 Å². The standard InChI is InChI=1S/C24H21ClN4O3/c25-17-8-6-16(7-9-17)23(31)28-22-20(4-3-14-26-22)24(32)27-18-10-12-19(13-11-18)29-15-2-1-5-21(29)30/h3-4,6-14H,1-2,5,15H2,(H,27,32)(H,26,28,31). The van der Waals surface area contributed by atoms with Crippen molar-refractivity contribution in [3.05, 3.63) is 83.0 Å². The SMILES string of the molecule is O=C(Nc1ncccc1C(=O)Nc1ccc(N2CCCCC2=O)cc1)c1ccc(Cl)cc1. The molecule has 0 atom stereocenters. The zero-order valence-corrected chi connectivity index (χ0v) is 17.9. The zero-order valence-electron chi connectivity index (χ0n) is 17.2. The number of piperidine rings is 1. The molecule has 1 saturated heterocycles. The molecule has 1 fully saturated rings. The Morgan fingerprint density at radius 1 is 0.906 bits per heavy atom. The largest absolute Gasteiger partial charge is 0.322 e. The van der Waals surface area contributed by atoms with Gasteiger partial charge in [-0.05, 0) is 73.5 Å². The van der Waals surface area contributed by atoms with Crippen molar-refractivity contribution in [3.63, 3.8) is 0 Å². The number of benzene rings is 2. The van der Waals surface area contributed by atoms with Crippen molar-refractivity contribution in [1.29, 1.82) is 0 Å². The number of rotatable bonds is 5. The predicted molar refractivity (Wildman–Crippen MR) is 124 cm³/mol. The van der Waals surface area contributed by atoms with Gasteiger partial charge in [0.15, 0.2) is 0 Å². The van der Waals surface area contributed by atoms with Crippen LogP contribution in [0.1, 0.15) is 40.0 Å². The number of halogens is 1. The Labute approximate surface area is 190 Å². The van der Waals surface area contributed by atoms with Crippen LogP contribution in [0.4, 0.5) is 17.2 Å². The average Bonchev–Trinajstić information content (AvgIpc) is 2.81. The van der Waals surface area contributed by atoms with Gasteiger partial charge in [0.05, 0.1) is 5.56 Å². The Bertz CT molecular complexity index is 1150. The van der Waals surface area contributed by atoms with Crippen molar-refractivity contribution in [2.75, 3.05) is 22.1 Å². The minimum atomic E-state index is -0.411. The summed E-state index contributed by atoms with van der Waals surface area (Å²) in [6.07, 6.45) is 3.96. The van der Waals surface area contributed by atoms with E-state index in [9.17, 15) is 14.4 Å². The van der Waals surface area contributed by atoms with Crippen molar-refractivity contribution in [3.8, 4) is 0 Å². The van der Waals surface area contributed by atoms with Gasteiger partial charge in [-0.15, -0.1) is 0 Å². The number of aromatic nitrogens is 1. The van der Waals surface area contributed by atoms with Gasteiger partial charge in [0.1, 0.15) is 5.82 Å². The Hall–Kier alpha value is -3.71. The first-order chi connectivity index (χ1) is 15.5. The van der Waals surface area contributed by atoms with Crippen LogP contribution in [0.25, 0.3) is 0 Å². The van der Waals surface area contributed by atoms with E-state index in [0.717, 1.165) is 18.5 Å². The number of amides is 3. The molecule has 2 aromatic carbocycles. The van der Waals surface area contributed by atoms with Crippen molar-refractivity contribution < 1.29 is 14.4 Å². The number of nitrogens with one attached hydrogen (secondary N) is 2. The maximum Gasteiger partial charge on any atom is 0.259 e. The van der Waals surface area contributed by atoms with Crippen LogP contribution >= 0.6 is 11.6 Å². The summed E-state index contributed by atoms with van der Waals surface area (Å²) in [5.41, 5.74) is 2.01. The van der Waals surface area contributed by atoms with Gasteiger partial charge in [-0.1, -0.05) is 11.6 Å². The number of hydrogen-bond donors (Lipinski definition) is 2. The third kappa shape index (κ3) is 4.95. The Balaban J connectivity index is 1.46. The zero-order chi connectivity index (χ0) is 22.5. The molecule has 0 aliphatic carbocycles. The molecule has 0 unspecified atom stereocenters. The van der Waals surface area contributed by atoms with E-state index in [0.29, 0.717) is 29.2 Å². The van der Waals surface area contributed by atoms with E-state index in [1.807, 2.05) is 12.1 Å². The average molecular weight is 449 g/mol. The quantitative estimate of drug-likeness (QED) is 0.588. The summed E-state index contributed by atoms with van der Waals surface area (Å²) in [4.78, 5) is 43.4. The van der Waals surface area contributed by atoms with Gasteiger partial charge in [-0.3, -0.25) is 14.4 Å². The third-order valence-electron chi connectivity index (χ3n) is 5.15. The fourth-order valence-corrected chi connectivity index (χ4v) is 3.60. The maximum atomic E-state index is 12.9. The van der Waals surface area contributed by atoms with Crippen LogP contribution in [-0.4, -0.2) is 29.3 Å². The number of carbonyl (C=O) groups is 3. The summed E-state index contributed by atoms with van der Waals surface area (Å²) in [5.74, 6) is -0.541. The fourth-order valence-electron chi connectivity index (χ4n) is 3.47. The first kappa shape index (κ1) is 21.5. The molecule has 0 spiro atoms. The molecule has 0 radical (unpaired) electrons. The highest BCUT2D eigenvalue weighted by Gasteiger charge is 2.20. The molecule has 0 saturated carbocycles. The molecule has 4 rings (SSSR count). The molecule has 1 aliphatic rings. The van der Waals surface area contributed by atoms with Gasteiger partial charge in [-0.2, -0.15) is 0 Å².